The molecule has 21 heavy (non-hydrogen) atoms. The number of aliphatic hydroxyl groups excluding tert-OH is 1. The van der Waals surface area contributed by atoms with Crippen molar-refractivity contribution in [2.75, 3.05) is 6.61 Å². The molecule has 3 heterocycles. The first-order chi connectivity index (χ1) is 9.78. The van der Waals surface area contributed by atoms with Gasteiger partial charge >= 0.3 is 5.97 Å². The Labute approximate surface area is 120 Å². The van der Waals surface area contributed by atoms with Crippen LogP contribution in [0, 0.1) is 5.92 Å². The lowest BCUT2D eigenvalue weighted by Crippen LogP contribution is -2.64. The molecule has 0 spiro atoms. The third-order valence-electron chi connectivity index (χ3n) is 4.13. The Morgan fingerprint density at radius 2 is 2.14 bits per heavy atom. The fourth-order valence-corrected chi connectivity index (χ4v) is 5.70. The van der Waals surface area contributed by atoms with Gasteiger partial charge in [0, 0.05) is 6.61 Å². The number of aliphatic hydroxyl groups is 1. The van der Waals surface area contributed by atoms with Crippen molar-refractivity contribution in [2.45, 2.75) is 37.3 Å². The zero-order chi connectivity index (χ0) is 15.5. The average Bonchev–Trinajstić information content (AvgIpc) is 2.92. The highest BCUT2D eigenvalue weighted by atomic mass is 32.2. The van der Waals surface area contributed by atoms with Gasteiger partial charge in [0.2, 0.25) is 15.7 Å². The number of hydrogen-bond acceptors (Lipinski definition) is 6. The SMILES string of the molecule is C[C@@H](O)[C@H]1C(=O)N2C(C(=O)O)=C([C@H]3CCCO3)S(=O)(=O)[C@H]12. The Bertz CT molecular complexity index is 645. The van der Waals surface area contributed by atoms with Gasteiger partial charge in [0.05, 0.1) is 18.1 Å². The van der Waals surface area contributed by atoms with E-state index in [2.05, 4.69) is 0 Å². The van der Waals surface area contributed by atoms with Crippen LogP contribution in [0.25, 0.3) is 0 Å². The number of β-lactam (4-membered cyclic amide) rings is 1. The summed E-state index contributed by atoms with van der Waals surface area (Å²) in [5, 5.41) is 17.6. The van der Waals surface area contributed by atoms with Crippen LogP contribution in [0.2, 0.25) is 0 Å². The first-order valence-corrected chi connectivity index (χ1v) is 8.17. The van der Waals surface area contributed by atoms with E-state index in [1.807, 2.05) is 0 Å². The number of carboxylic acid groups (broad SMARTS) is 1. The van der Waals surface area contributed by atoms with Gasteiger partial charge in [-0.15, -0.1) is 0 Å². The topological polar surface area (TPSA) is 121 Å². The van der Waals surface area contributed by atoms with E-state index in [9.17, 15) is 28.2 Å². The predicted octanol–water partition coefficient (Wildman–Crippen LogP) is -0.945. The molecule has 2 N–H and O–H groups in total. The number of nitrogens with zero attached hydrogens (tertiary/aromatic N) is 1. The van der Waals surface area contributed by atoms with Gasteiger partial charge in [-0.1, -0.05) is 0 Å². The highest BCUT2D eigenvalue weighted by molar-refractivity contribution is 7.96. The summed E-state index contributed by atoms with van der Waals surface area (Å²) < 4.78 is 30.5. The molecule has 0 aromatic carbocycles. The number of fused-ring (bicyclic) bond motifs is 1. The van der Waals surface area contributed by atoms with Gasteiger partial charge in [-0.25, -0.2) is 13.2 Å². The summed E-state index contributed by atoms with van der Waals surface area (Å²) in [5.41, 5.74) is -0.520. The molecule has 116 valence electrons. The van der Waals surface area contributed by atoms with Crippen molar-refractivity contribution in [1.29, 1.82) is 0 Å². The van der Waals surface area contributed by atoms with Crippen LogP contribution in [0.5, 0.6) is 0 Å². The number of amides is 1. The number of ether oxygens (including phenoxy) is 1. The van der Waals surface area contributed by atoms with Crippen LogP contribution in [0.4, 0.5) is 0 Å². The van der Waals surface area contributed by atoms with Crippen LogP contribution >= 0.6 is 0 Å². The van der Waals surface area contributed by atoms with E-state index in [4.69, 9.17) is 4.74 Å². The minimum absolute atomic E-state index is 0.325. The molecule has 0 aromatic rings. The van der Waals surface area contributed by atoms with E-state index in [0.29, 0.717) is 19.4 Å². The molecule has 0 bridgehead atoms. The van der Waals surface area contributed by atoms with Gasteiger partial charge in [-0.05, 0) is 19.8 Å². The standard InChI is InChI=1S/C12H15NO7S/c1-5(14)7-10(15)13-8(12(16)17)9(6-3-2-4-20-6)21(18,19)11(7)13/h5-7,11,14H,2-4H2,1H3,(H,16,17)/t5-,6-,7+,11-/m1/s1. The maximum absolute atomic E-state index is 12.6. The van der Waals surface area contributed by atoms with E-state index in [1.165, 1.54) is 6.92 Å². The normalized spacial score (nSPS) is 35.6. The maximum Gasteiger partial charge on any atom is 0.353 e. The minimum Gasteiger partial charge on any atom is -0.477 e. The average molecular weight is 317 g/mol. The van der Waals surface area contributed by atoms with Crippen molar-refractivity contribution in [1.82, 2.24) is 4.90 Å². The summed E-state index contributed by atoms with van der Waals surface area (Å²) in [5.74, 6) is -3.27. The van der Waals surface area contributed by atoms with Gasteiger partial charge in [-0.3, -0.25) is 9.69 Å². The van der Waals surface area contributed by atoms with Gasteiger partial charge in [-0.2, -0.15) is 0 Å². The molecule has 0 saturated carbocycles. The zero-order valence-corrected chi connectivity index (χ0v) is 12.0. The lowest BCUT2D eigenvalue weighted by atomic mass is 9.92. The second kappa shape index (κ2) is 4.52. The second-order valence-corrected chi connectivity index (χ2v) is 7.44. The minimum atomic E-state index is -4.01. The summed E-state index contributed by atoms with van der Waals surface area (Å²) in [6, 6.07) is 0. The Morgan fingerprint density at radius 1 is 1.48 bits per heavy atom. The molecule has 1 amide bonds. The lowest BCUT2D eigenvalue weighted by molar-refractivity contribution is -0.157. The zero-order valence-electron chi connectivity index (χ0n) is 11.2. The number of carbonyl (C=O) groups excluding carboxylic acids is 1. The summed E-state index contributed by atoms with van der Waals surface area (Å²) >= 11 is 0. The van der Waals surface area contributed by atoms with Crippen molar-refractivity contribution in [3.8, 4) is 0 Å². The molecule has 2 fully saturated rings. The summed E-state index contributed by atoms with van der Waals surface area (Å²) in [4.78, 5) is 23.9. The Balaban J connectivity index is 2.13. The number of aliphatic carboxylic acids is 1. The quantitative estimate of drug-likeness (QED) is 0.644. The van der Waals surface area contributed by atoms with Crippen molar-refractivity contribution in [3.05, 3.63) is 10.6 Å². The largest absolute Gasteiger partial charge is 0.477 e. The molecule has 0 radical (unpaired) electrons. The van der Waals surface area contributed by atoms with Crippen LogP contribution in [-0.2, 0) is 24.2 Å². The molecule has 8 nitrogen and oxygen atoms in total. The number of hydrogen-bond donors (Lipinski definition) is 2. The highest BCUT2D eigenvalue weighted by Crippen LogP contribution is 2.48. The molecule has 0 aromatic heterocycles. The predicted molar refractivity (Wildman–Crippen MR) is 68.4 cm³/mol. The lowest BCUT2D eigenvalue weighted by Gasteiger charge is -2.42. The van der Waals surface area contributed by atoms with E-state index in [1.54, 1.807) is 0 Å². The van der Waals surface area contributed by atoms with Crippen molar-refractivity contribution < 1.29 is 33.0 Å². The van der Waals surface area contributed by atoms with Crippen LogP contribution in [0.1, 0.15) is 19.8 Å². The molecule has 0 aliphatic carbocycles. The fourth-order valence-electron chi connectivity index (χ4n) is 3.21. The summed E-state index contributed by atoms with van der Waals surface area (Å²) in [6.45, 7) is 1.68. The van der Waals surface area contributed by atoms with Crippen LogP contribution in [0.3, 0.4) is 0 Å². The molecule has 3 aliphatic rings. The Kier molecular flexibility index (Phi) is 3.12. The van der Waals surface area contributed by atoms with Gasteiger partial charge < -0.3 is 14.9 Å². The van der Waals surface area contributed by atoms with Crippen LogP contribution in [-0.4, -0.2) is 59.6 Å². The maximum atomic E-state index is 12.6. The van der Waals surface area contributed by atoms with Crippen molar-refractivity contribution in [3.63, 3.8) is 0 Å². The Hall–Kier alpha value is -1.45. The molecule has 0 unspecified atom stereocenters. The van der Waals surface area contributed by atoms with Crippen LogP contribution < -0.4 is 0 Å². The van der Waals surface area contributed by atoms with Crippen molar-refractivity contribution in [2.24, 2.45) is 5.92 Å². The molecule has 3 aliphatic heterocycles. The second-order valence-electron chi connectivity index (χ2n) is 5.43. The highest BCUT2D eigenvalue weighted by Gasteiger charge is 2.66. The molecule has 9 heteroatoms. The first-order valence-electron chi connectivity index (χ1n) is 6.62. The van der Waals surface area contributed by atoms with E-state index >= 15 is 0 Å². The van der Waals surface area contributed by atoms with Gasteiger partial charge in [0.25, 0.3) is 0 Å². The van der Waals surface area contributed by atoms with Gasteiger partial charge in [0.1, 0.15) is 10.6 Å². The first kappa shape index (κ1) is 14.5. The smallest absolute Gasteiger partial charge is 0.353 e. The van der Waals surface area contributed by atoms with Gasteiger partial charge in [0.15, 0.2) is 5.37 Å². The summed E-state index contributed by atoms with van der Waals surface area (Å²) in [6.07, 6.45) is -0.948. The molecule has 3 rings (SSSR count). The fraction of sp³-hybridized carbons (Fsp3) is 0.667. The third-order valence-corrected chi connectivity index (χ3v) is 6.34. The number of carboxylic acids is 1. The van der Waals surface area contributed by atoms with Crippen molar-refractivity contribution >= 4 is 21.7 Å². The monoisotopic (exact) mass is 317 g/mol. The van der Waals surface area contributed by atoms with E-state index in [0.717, 1.165) is 4.90 Å². The number of sulfone groups is 1. The third kappa shape index (κ3) is 1.77. The van der Waals surface area contributed by atoms with Crippen LogP contribution in [0.15, 0.2) is 10.6 Å². The molecule has 4 atom stereocenters. The molecular weight excluding hydrogens is 302 g/mol. The number of rotatable bonds is 3. The van der Waals surface area contributed by atoms with E-state index < -0.39 is 50.9 Å². The summed E-state index contributed by atoms with van der Waals surface area (Å²) in [7, 11) is -4.01. The number of carbonyl (C=O) groups is 2. The molecule has 2 saturated heterocycles. The molecular formula is C12H15NO7S. The Morgan fingerprint density at radius 3 is 2.62 bits per heavy atom. The van der Waals surface area contributed by atoms with E-state index in [-0.39, 0.29) is 4.91 Å².